The van der Waals surface area contributed by atoms with E-state index in [1.807, 2.05) is 0 Å². The first-order valence-corrected chi connectivity index (χ1v) is 7.26. The van der Waals surface area contributed by atoms with E-state index in [-0.39, 0.29) is 5.92 Å². The second kappa shape index (κ2) is 3.94. The van der Waals surface area contributed by atoms with E-state index in [1.165, 1.54) is 6.42 Å². The lowest BCUT2D eigenvalue weighted by molar-refractivity contribution is -0.138. The highest BCUT2D eigenvalue weighted by Gasteiger charge is 2.59. The Balaban J connectivity index is 1.40. The number of carbonyl (C=O) groups is 1. The lowest BCUT2D eigenvalue weighted by atomic mass is 9.92. The van der Waals surface area contributed by atoms with Crippen LogP contribution >= 0.6 is 0 Å². The summed E-state index contributed by atoms with van der Waals surface area (Å²) >= 11 is 0. The number of ether oxygens (including phenoxy) is 2. The zero-order valence-corrected chi connectivity index (χ0v) is 10.9. The van der Waals surface area contributed by atoms with Gasteiger partial charge in [0.25, 0.3) is 0 Å². The molecule has 18 heavy (non-hydrogen) atoms. The molecule has 4 aliphatic rings. The van der Waals surface area contributed by atoms with Gasteiger partial charge in [0, 0.05) is 19.0 Å². The van der Waals surface area contributed by atoms with E-state index in [0.29, 0.717) is 35.9 Å². The molecule has 4 heteroatoms. The maximum absolute atomic E-state index is 12.5. The first-order valence-electron chi connectivity index (χ1n) is 7.26. The van der Waals surface area contributed by atoms with Crippen LogP contribution in [0.3, 0.4) is 0 Å². The van der Waals surface area contributed by atoms with Crippen LogP contribution in [-0.4, -0.2) is 49.3 Å². The fourth-order valence-electron chi connectivity index (χ4n) is 4.19. The quantitative estimate of drug-likeness (QED) is 0.695. The SMILES string of the molecule is C[C@@H]1C[C@@H]2CCN(C(=O)C3[C@H]4COC[C@@H]34)C[C@H]2O1. The van der Waals surface area contributed by atoms with Crippen LogP contribution in [0.4, 0.5) is 0 Å². The third-order valence-electron chi connectivity index (χ3n) is 5.29. The monoisotopic (exact) mass is 251 g/mol. The minimum absolute atomic E-state index is 0.272. The number of hydrogen-bond acceptors (Lipinski definition) is 3. The lowest BCUT2D eigenvalue weighted by Gasteiger charge is -2.34. The number of carbonyl (C=O) groups excluding carboxylic acids is 1. The molecule has 0 aromatic heterocycles. The van der Waals surface area contributed by atoms with E-state index in [9.17, 15) is 4.79 Å². The van der Waals surface area contributed by atoms with Gasteiger partial charge in [-0.1, -0.05) is 0 Å². The molecule has 0 spiro atoms. The van der Waals surface area contributed by atoms with Crippen molar-refractivity contribution in [2.75, 3.05) is 26.3 Å². The molecule has 4 fully saturated rings. The van der Waals surface area contributed by atoms with Gasteiger partial charge in [0.2, 0.25) is 5.91 Å². The van der Waals surface area contributed by atoms with Crippen molar-refractivity contribution in [1.29, 1.82) is 0 Å². The van der Waals surface area contributed by atoms with Gasteiger partial charge < -0.3 is 14.4 Å². The second-order valence-electron chi connectivity index (χ2n) is 6.44. The van der Waals surface area contributed by atoms with Crippen molar-refractivity contribution in [3.05, 3.63) is 0 Å². The summed E-state index contributed by atoms with van der Waals surface area (Å²) in [6.07, 6.45) is 2.98. The van der Waals surface area contributed by atoms with Crippen molar-refractivity contribution in [2.45, 2.75) is 32.0 Å². The highest BCUT2D eigenvalue weighted by Crippen LogP contribution is 2.52. The summed E-state index contributed by atoms with van der Waals surface area (Å²) in [5.41, 5.74) is 0. The molecule has 0 N–H and O–H groups in total. The largest absolute Gasteiger partial charge is 0.381 e. The molecule has 6 atom stereocenters. The Morgan fingerprint density at radius 3 is 2.83 bits per heavy atom. The number of piperidine rings is 1. The topological polar surface area (TPSA) is 38.8 Å². The van der Waals surface area contributed by atoms with Crippen molar-refractivity contribution in [3.8, 4) is 0 Å². The summed E-state index contributed by atoms with van der Waals surface area (Å²) in [6.45, 7) is 5.51. The summed E-state index contributed by atoms with van der Waals surface area (Å²) in [6, 6.07) is 0. The molecule has 4 nitrogen and oxygen atoms in total. The zero-order valence-electron chi connectivity index (χ0n) is 10.9. The fourth-order valence-corrected chi connectivity index (χ4v) is 4.19. The summed E-state index contributed by atoms with van der Waals surface area (Å²) in [7, 11) is 0. The van der Waals surface area contributed by atoms with Gasteiger partial charge in [-0.2, -0.15) is 0 Å². The zero-order chi connectivity index (χ0) is 12.3. The van der Waals surface area contributed by atoms with Crippen LogP contribution < -0.4 is 0 Å². The standard InChI is InChI=1S/C14H21NO3/c1-8-4-9-2-3-15(5-12(9)18-8)14(16)13-10-6-17-7-11(10)13/h8-13H,2-7H2,1H3/t8-,9+,10-,11+,12-,13?/m1/s1. The van der Waals surface area contributed by atoms with Crippen molar-refractivity contribution in [1.82, 2.24) is 4.90 Å². The minimum atomic E-state index is 0.272. The fraction of sp³-hybridized carbons (Fsp3) is 0.929. The minimum Gasteiger partial charge on any atom is -0.381 e. The average molecular weight is 251 g/mol. The predicted molar refractivity (Wildman–Crippen MR) is 64.9 cm³/mol. The molecule has 1 amide bonds. The van der Waals surface area contributed by atoms with Crippen LogP contribution in [-0.2, 0) is 14.3 Å². The molecular weight excluding hydrogens is 230 g/mol. The molecule has 100 valence electrons. The van der Waals surface area contributed by atoms with E-state index >= 15 is 0 Å². The molecule has 3 aliphatic heterocycles. The number of amides is 1. The van der Waals surface area contributed by atoms with Crippen LogP contribution in [0.1, 0.15) is 19.8 Å². The first kappa shape index (κ1) is 11.2. The molecule has 0 radical (unpaired) electrons. The Morgan fingerprint density at radius 1 is 1.28 bits per heavy atom. The maximum Gasteiger partial charge on any atom is 0.226 e. The molecule has 1 unspecified atom stereocenters. The van der Waals surface area contributed by atoms with Crippen molar-refractivity contribution < 1.29 is 14.3 Å². The van der Waals surface area contributed by atoms with E-state index in [2.05, 4.69) is 11.8 Å². The van der Waals surface area contributed by atoms with Crippen LogP contribution in [0.2, 0.25) is 0 Å². The Morgan fingerprint density at radius 2 is 2.06 bits per heavy atom. The molecular formula is C14H21NO3. The first-order chi connectivity index (χ1) is 8.74. The van der Waals surface area contributed by atoms with Crippen LogP contribution in [0.15, 0.2) is 0 Å². The maximum atomic E-state index is 12.5. The molecule has 0 bridgehead atoms. The molecule has 1 aliphatic carbocycles. The summed E-state index contributed by atoms with van der Waals surface area (Å²) in [4.78, 5) is 14.5. The number of likely N-dealkylation sites (tertiary alicyclic amines) is 1. The second-order valence-corrected chi connectivity index (χ2v) is 6.44. The molecule has 3 saturated heterocycles. The Kier molecular flexibility index (Phi) is 2.46. The summed E-state index contributed by atoms with van der Waals surface area (Å²) < 4.78 is 11.3. The smallest absolute Gasteiger partial charge is 0.226 e. The Bertz CT molecular complexity index is 362. The molecule has 0 aromatic rings. The van der Waals surface area contributed by atoms with Gasteiger partial charge in [-0.25, -0.2) is 0 Å². The van der Waals surface area contributed by atoms with Crippen molar-refractivity contribution >= 4 is 5.91 Å². The van der Waals surface area contributed by atoms with Crippen LogP contribution in [0, 0.1) is 23.7 Å². The van der Waals surface area contributed by atoms with E-state index in [4.69, 9.17) is 9.47 Å². The van der Waals surface area contributed by atoms with Gasteiger partial charge in [0.15, 0.2) is 0 Å². The highest BCUT2D eigenvalue weighted by atomic mass is 16.5. The van der Waals surface area contributed by atoms with Gasteiger partial charge in [-0.3, -0.25) is 4.79 Å². The molecule has 4 rings (SSSR count). The summed E-state index contributed by atoms with van der Waals surface area (Å²) in [5.74, 6) is 2.38. The highest BCUT2D eigenvalue weighted by molar-refractivity contribution is 5.82. The van der Waals surface area contributed by atoms with Gasteiger partial charge in [0.05, 0.1) is 25.4 Å². The van der Waals surface area contributed by atoms with Gasteiger partial charge >= 0.3 is 0 Å². The average Bonchev–Trinajstić information content (AvgIpc) is 2.74. The van der Waals surface area contributed by atoms with Crippen LogP contribution in [0.5, 0.6) is 0 Å². The molecule has 0 aromatic carbocycles. The van der Waals surface area contributed by atoms with Gasteiger partial charge in [0.1, 0.15) is 0 Å². The third kappa shape index (κ3) is 1.62. The van der Waals surface area contributed by atoms with Crippen molar-refractivity contribution in [3.63, 3.8) is 0 Å². The lowest BCUT2D eigenvalue weighted by Crippen LogP contribution is -2.46. The van der Waals surface area contributed by atoms with Gasteiger partial charge in [-0.15, -0.1) is 0 Å². The normalized spacial score (nSPS) is 49.9. The third-order valence-corrected chi connectivity index (χ3v) is 5.29. The molecule has 1 saturated carbocycles. The van der Waals surface area contributed by atoms with Crippen molar-refractivity contribution in [2.24, 2.45) is 23.7 Å². The number of rotatable bonds is 1. The number of hydrogen-bond donors (Lipinski definition) is 0. The Labute approximate surface area is 108 Å². The summed E-state index contributed by atoms with van der Waals surface area (Å²) in [5, 5.41) is 0. The van der Waals surface area contributed by atoms with E-state index < -0.39 is 0 Å². The number of fused-ring (bicyclic) bond motifs is 2. The predicted octanol–water partition coefficient (Wildman–Crippen LogP) is 0.905. The molecule has 3 heterocycles. The van der Waals surface area contributed by atoms with Crippen LogP contribution in [0.25, 0.3) is 0 Å². The Hall–Kier alpha value is -0.610. The van der Waals surface area contributed by atoms with E-state index in [0.717, 1.165) is 32.7 Å². The van der Waals surface area contributed by atoms with Gasteiger partial charge in [-0.05, 0) is 37.5 Å². The number of nitrogens with zero attached hydrogens (tertiary/aromatic N) is 1. The van der Waals surface area contributed by atoms with E-state index in [1.54, 1.807) is 0 Å².